The molecule has 0 saturated heterocycles. The van der Waals surface area contributed by atoms with Gasteiger partial charge in [-0.15, -0.1) is 10.2 Å². The molecule has 4 rings (SSSR count). The van der Waals surface area contributed by atoms with Gasteiger partial charge in [0.15, 0.2) is 11.0 Å². The SMILES string of the molecule is COc1ccc(-c2nnc(SCCOc3ccccc3)n2-c2ccc(C)cc2)cc1. The molecule has 6 heteroatoms. The number of hydrogen-bond donors (Lipinski definition) is 0. The first kappa shape index (κ1) is 20.0. The molecule has 0 aliphatic carbocycles. The molecule has 0 saturated carbocycles. The maximum absolute atomic E-state index is 5.81. The first-order chi connectivity index (χ1) is 14.7. The highest BCUT2D eigenvalue weighted by atomic mass is 32.2. The fraction of sp³-hybridized carbons (Fsp3) is 0.167. The van der Waals surface area contributed by atoms with Crippen LogP contribution in [0.2, 0.25) is 0 Å². The van der Waals surface area contributed by atoms with E-state index in [0.717, 1.165) is 39.5 Å². The molecule has 0 bridgehead atoms. The smallest absolute Gasteiger partial charge is 0.196 e. The fourth-order valence-electron chi connectivity index (χ4n) is 3.03. The predicted octanol–water partition coefficient (Wildman–Crippen LogP) is 5.42. The highest BCUT2D eigenvalue weighted by Crippen LogP contribution is 2.29. The average Bonchev–Trinajstić information content (AvgIpc) is 3.22. The molecular formula is C24H23N3O2S. The number of para-hydroxylation sites is 1. The number of hydrogen-bond acceptors (Lipinski definition) is 5. The molecule has 0 aliphatic heterocycles. The second-order valence-electron chi connectivity index (χ2n) is 6.72. The summed E-state index contributed by atoms with van der Waals surface area (Å²) in [6.07, 6.45) is 0. The lowest BCUT2D eigenvalue weighted by atomic mass is 10.2. The summed E-state index contributed by atoms with van der Waals surface area (Å²) < 4.78 is 13.2. The van der Waals surface area contributed by atoms with Crippen molar-refractivity contribution in [3.05, 3.63) is 84.4 Å². The molecule has 0 N–H and O–H groups in total. The van der Waals surface area contributed by atoms with E-state index in [2.05, 4.69) is 46.0 Å². The summed E-state index contributed by atoms with van der Waals surface area (Å²) in [4.78, 5) is 0. The molecular weight excluding hydrogens is 394 g/mol. The van der Waals surface area contributed by atoms with Crippen LogP contribution in [0.1, 0.15) is 5.56 Å². The Hall–Kier alpha value is -3.25. The zero-order valence-corrected chi connectivity index (χ0v) is 17.8. The van der Waals surface area contributed by atoms with Crippen LogP contribution >= 0.6 is 11.8 Å². The summed E-state index contributed by atoms with van der Waals surface area (Å²) in [5.41, 5.74) is 3.22. The van der Waals surface area contributed by atoms with Gasteiger partial charge in [0.2, 0.25) is 0 Å². The monoisotopic (exact) mass is 417 g/mol. The van der Waals surface area contributed by atoms with Gasteiger partial charge in [-0.3, -0.25) is 4.57 Å². The van der Waals surface area contributed by atoms with E-state index >= 15 is 0 Å². The van der Waals surface area contributed by atoms with Crippen molar-refractivity contribution in [1.82, 2.24) is 14.8 Å². The molecule has 0 aliphatic rings. The number of benzene rings is 3. The van der Waals surface area contributed by atoms with Gasteiger partial charge in [-0.2, -0.15) is 0 Å². The van der Waals surface area contributed by atoms with Gasteiger partial charge in [-0.25, -0.2) is 0 Å². The van der Waals surface area contributed by atoms with E-state index < -0.39 is 0 Å². The minimum absolute atomic E-state index is 0.591. The Labute approximate surface area is 180 Å². The lowest BCUT2D eigenvalue weighted by Crippen LogP contribution is -2.03. The molecule has 4 aromatic rings. The molecule has 0 atom stereocenters. The van der Waals surface area contributed by atoms with Crippen LogP contribution in [0.4, 0.5) is 0 Å². The van der Waals surface area contributed by atoms with Crippen LogP contribution < -0.4 is 9.47 Å². The first-order valence-corrected chi connectivity index (χ1v) is 10.7. The van der Waals surface area contributed by atoms with E-state index in [1.807, 2.05) is 54.6 Å². The number of aryl methyl sites for hydroxylation is 1. The summed E-state index contributed by atoms with van der Waals surface area (Å²) >= 11 is 1.63. The molecule has 0 radical (unpaired) electrons. The number of rotatable bonds is 8. The van der Waals surface area contributed by atoms with E-state index in [9.17, 15) is 0 Å². The molecule has 0 amide bonds. The van der Waals surface area contributed by atoms with Gasteiger partial charge < -0.3 is 9.47 Å². The zero-order valence-electron chi connectivity index (χ0n) is 17.0. The maximum Gasteiger partial charge on any atom is 0.196 e. The van der Waals surface area contributed by atoms with Crippen LogP contribution in [0.5, 0.6) is 11.5 Å². The molecule has 0 fully saturated rings. The Morgan fingerprint density at radius 1 is 0.833 bits per heavy atom. The molecule has 152 valence electrons. The highest BCUT2D eigenvalue weighted by molar-refractivity contribution is 7.99. The van der Waals surface area contributed by atoms with Crippen molar-refractivity contribution in [2.75, 3.05) is 19.5 Å². The Bertz CT molecular complexity index is 1080. The Balaban J connectivity index is 1.58. The molecule has 30 heavy (non-hydrogen) atoms. The average molecular weight is 418 g/mol. The van der Waals surface area contributed by atoms with Gasteiger partial charge in [0.05, 0.1) is 13.7 Å². The van der Waals surface area contributed by atoms with E-state index in [1.54, 1.807) is 18.9 Å². The fourth-order valence-corrected chi connectivity index (χ4v) is 3.80. The number of thioether (sulfide) groups is 1. The van der Waals surface area contributed by atoms with Crippen molar-refractivity contribution in [2.45, 2.75) is 12.1 Å². The standard InChI is InChI=1S/C24H23N3O2S/c1-18-8-12-20(13-9-18)27-23(19-10-14-21(28-2)15-11-19)25-26-24(27)30-17-16-29-22-6-4-3-5-7-22/h3-15H,16-17H2,1-2H3. The number of methoxy groups -OCH3 is 1. The number of nitrogens with zero attached hydrogens (tertiary/aromatic N) is 3. The van der Waals surface area contributed by atoms with Crippen molar-refractivity contribution < 1.29 is 9.47 Å². The van der Waals surface area contributed by atoms with Crippen LogP contribution in [0.25, 0.3) is 17.1 Å². The van der Waals surface area contributed by atoms with Crippen molar-refractivity contribution in [3.8, 4) is 28.6 Å². The van der Waals surface area contributed by atoms with Gasteiger partial charge in [0.25, 0.3) is 0 Å². The number of ether oxygens (including phenoxy) is 2. The Kier molecular flexibility index (Phi) is 6.35. The van der Waals surface area contributed by atoms with E-state index in [-0.39, 0.29) is 0 Å². The summed E-state index contributed by atoms with van der Waals surface area (Å²) in [7, 11) is 1.66. The van der Waals surface area contributed by atoms with Crippen molar-refractivity contribution >= 4 is 11.8 Å². The highest BCUT2D eigenvalue weighted by Gasteiger charge is 2.16. The predicted molar refractivity (Wildman–Crippen MR) is 121 cm³/mol. The molecule has 1 aromatic heterocycles. The summed E-state index contributed by atoms with van der Waals surface area (Å²) in [6.45, 7) is 2.67. The van der Waals surface area contributed by atoms with Crippen molar-refractivity contribution in [3.63, 3.8) is 0 Å². The summed E-state index contributed by atoms with van der Waals surface area (Å²) in [6, 6.07) is 26.1. The van der Waals surface area contributed by atoms with Crippen molar-refractivity contribution in [2.24, 2.45) is 0 Å². The molecule has 0 spiro atoms. The Morgan fingerprint density at radius 2 is 1.57 bits per heavy atom. The van der Waals surface area contributed by atoms with Crippen LogP contribution in [0.3, 0.4) is 0 Å². The minimum atomic E-state index is 0.591. The van der Waals surface area contributed by atoms with Crippen LogP contribution in [-0.4, -0.2) is 34.2 Å². The van der Waals surface area contributed by atoms with Gasteiger partial charge in [0, 0.05) is 17.0 Å². The maximum atomic E-state index is 5.81. The minimum Gasteiger partial charge on any atom is -0.497 e. The first-order valence-electron chi connectivity index (χ1n) is 9.72. The van der Waals surface area contributed by atoms with Crippen LogP contribution in [-0.2, 0) is 0 Å². The normalized spacial score (nSPS) is 10.7. The van der Waals surface area contributed by atoms with Gasteiger partial charge >= 0.3 is 0 Å². The second kappa shape index (κ2) is 9.50. The molecule has 0 unspecified atom stereocenters. The van der Waals surface area contributed by atoms with Crippen LogP contribution in [0.15, 0.2) is 84.0 Å². The van der Waals surface area contributed by atoms with Crippen LogP contribution in [0, 0.1) is 6.92 Å². The second-order valence-corrected chi connectivity index (χ2v) is 7.78. The number of aromatic nitrogens is 3. The largest absolute Gasteiger partial charge is 0.497 e. The van der Waals surface area contributed by atoms with E-state index in [0.29, 0.717) is 6.61 Å². The molecule has 1 heterocycles. The third kappa shape index (κ3) is 4.66. The van der Waals surface area contributed by atoms with Crippen molar-refractivity contribution in [1.29, 1.82) is 0 Å². The third-order valence-electron chi connectivity index (χ3n) is 4.60. The van der Waals surface area contributed by atoms with Gasteiger partial charge in [-0.05, 0) is 55.5 Å². The molecule has 5 nitrogen and oxygen atoms in total. The quantitative estimate of drug-likeness (QED) is 0.283. The zero-order chi connectivity index (χ0) is 20.8. The summed E-state index contributed by atoms with van der Waals surface area (Å²) in [5.74, 6) is 3.25. The van der Waals surface area contributed by atoms with E-state index in [4.69, 9.17) is 9.47 Å². The van der Waals surface area contributed by atoms with E-state index in [1.165, 1.54) is 5.56 Å². The van der Waals surface area contributed by atoms with Gasteiger partial charge in [0.1, 0.15) is 11.5 Å². The topological polar surface area (TPSA) is 49.2 Å². The lowest BCUT2D eigenvalue weighted by molar-refractivity contribution is 0.344. The Morgan fingerprint density at radius 3 is 2.27 bits per heavy atom. The summed E-state index contributed by atoms with van der Waals surface area (Å²) in [5, 5.41) is 9.79. The lowest BCUT2D eigenvalue weighted by Gasteiger charge is -2.11. The third-order valence-corrected chi connectivity index (χ3v) is 5.49. The van der Waals surface area contributed by atoms with Gasteiger partial charge in [-0.1, -0.05) is 47.7 Å². The molecule has 3 aromatic carbocycles.